The lowest BCUT2D eigenvalue weighted by molar-refractivity contribution is 0.0786. The van der Waals surface area contributed by atoms with E-state index in [0.29, 0.717) is 24.7 Å². The molecule has 0 spiro atoms. The van der Waals surface area contributed by atoms with E-state index in [4.69, 9.17) is 4.98 Å². The van der Waals surface area contributed by atoms with Gasteiger partial charge in [-0.05, 0) is 18.8 Å². The van der Waals surface area contributed by atoms with Crippen LogP contribution in [0.15, 0.2) is 18.6 Å². The van der Waals surface area contributed by atoms with Crippen molar-refractivity contribution in [2.75, 3.05) is 18.0 Å². The van der Waals surface area contributed by atoms with Crippen LogP contribution in [-0.4, -0.2) is 43.8 Å². The number of hydrogen-bond acceptors (Lipinski definition) is 6. The van der Waals surface area contributed by atoms with Gasteiger partial charge in [-0.2, -0.15) is 0 Å². The number of nitrogens with zero attached hydrogens (tertiary/aromatic N) is 6. The van der Waals surface area contributed by atoms with Crippen LogP contribution >= 0.6 is 0 Å². The molecule has 0 radical (unpaired) electrons. The van der Waals surface area contributed by atoms with Gasteiger partial charge in [0.05, 0.1) is 24.6 Å². The summed E-state index contributed by atoms with van der Waals surface area (Å²) >= 11 is 0. The number of rotatable bonds is 4. The molecule has 1 saturated heterocycles. The zero-order chi connectivity index (χ0) is 18.1. The van der Waals surface area contributed by atoms with E-state index < -0.39 is 0 Å². The molecule has 2 aromatic heterocycles. The Balaban J connectivity index is 1.51. The molecule has 0 saturated carbocycles. The highest BCUT2D eigenvalue weighted by atomic mass is 16.2. The van der Waals surface area contributed by atoms with Gasteiger partial charge in [-0.3, -0.25) is 9.78 Å². The third kappa shape index (κ3) is 3.38. The molecule has 0 N–H and O–H groups in total. The molecule has 0 aliphatic carbocycles. The van der Waals surface area contributed by atoms with Crippen LogP contribution in [0.2, 0.25) is 0 Å². The maximum absolute atomic E-state index is 12.6. The number of likely N-dealkylation sites (tertiary alicyclic amines) is 1. The molecule has 2 aliphatic heterocycles. The molecule has 1 amide bonds. The van der Waals surface area contributed by atoms with Crippen LogP contribution in [0, 0.1) is 5.92 Å². The first-order chi connectivity index (χ1) is 12.6. The Morgan fingerprint density at radius 1 is 1.12 bits per heavy atom. The van der Waals surface area contributed by atoms with E-state index in [1.165, 1.54) is 0 Å². The molecule has 2 aromatic rings. The van der Waals surface area contributed by atoms with Gasteiger partial charge in [0, 0.05) is 37.8 Å². The third-order valence-corrected chi connectivity index (χ3v) is 4.85. The maximum atomic E-state index is 12.6. The van der Waals surface area contributed by atoms with E-state index in [1.807, 2.05) is 11.1 Å². The molecule has 7 heteroatoms. The fraction of sp³-hybridized carbons (Fsp3) is 0.526. The van der Waals surface area contributed by atoms with E-state index in [1.54, 1.807) is 12.4 Å². The number of aromatic nitrogens is 4. The van der Waals surface area contributed by atoms with Gasteiger partial charge in [-0.25, -0.2) is 15.0 Å². The van der Waals surface area contributed by atoms with Crippen molar-refractivity contribution in [3.8, 4) is 0 Å². The number of amides is 1. The average molecular weight is 352 g/mol. The highest BCUT2D eigenvalue weighted by molar-refractivity contribution is 5.92. The second kappa shape index (κ2) is 6.97. The number of anilines is 1. The molecule has 0 bridgehead atoms. The molecule has 136 valence electrons. The first kappa shape index (κ1) is 16.9. The summed E-state index contributed by atoms with van der Waals surface area (Å²) in [5.41, 5.74) is 2.59. The van der Waals surface area contributed by atoms with E-state index in [-0.39, 0.29) is 5.91 Å². The Morgan fingerprint density at radius 3 is 2.69 bits per heavy atom. The molecule has 26 heavy (non-hydrogen) atoms. The van der Waals surface area contributed by atoms with Crippen LogP contribution in [0.25, 0.3) is 0 Å². The Hall–Kier alpha value is -2.57. The smallest absolute Gasteiger partial charge is 0.274 e. The van der Waals surface area contributed by atoms with Crippen molar-refractivity contribution in [2.45, 2.75) is 46.2 Å². The zero-order valence-corrected chi connectivity index (χ0v) is 15.4. The Bertz CT molecular complexity index is 815. The third-order valence-electron chi connectivity index (χ3n) is 4.85. The standard InChI is InChI=1S/C19H24N6O/c1-13(2)7-17-21-8-14-11-25(12-16(14)22-17)18-10-20-9-15(23-18)19(26)24-5-3-4-6-24/h8-10,13H,3-7,11-12H2,1-2H3. The minimum absolute atomic E-state index is 0.0208. The minimum atomic E-state index is -0.0208. The molecule has 7 nitrogen and oxygen atoms in total. The van der Waals surface area contributed by atoms with E-state index in [9.17, 15) is 4.79 Å². The Kier molecular flexibility index (Phi) is 4.53. The first-order valence-electron chi connectivity index (χ1n) is 9.30. The van der Waals surface area contributed by atoms with Crippen molar-refractivity contribution < 1.29 is 4.79 Å². The van der Waals surface area contributed by atoms with Gasteiger partial charge >= 0.3 is 0 Å². The molecule has 1 fully saturated rings. The minimum Gasteiger partial charge on any atom is -0.345 e. The maximum Gasteiger partial charge on any atom is 0.274 e. The van der Waals surface area contributed by atoms with Crippen LogP contribution in [0.1, 0.15) is 54.3 Å². The number of carbonyl (C=O) groups is 1. The highest BCUT2D eigenvalue weighted by Gasteiger charge is 2.25. The second-order valence-electron chi connectivity index (χ2n) is 7.47. The fourth-order valence-corrected chi connectivity index (χ4v) is 3.51. The average Bonchev–Trinajstić information content (AvgIpc) is 3.30. The van der Waals surface area contributed by atoms with Crippen molar-refractivity contribution in [1.29, 1.82) is 0 Å². The largest absolute Gasteiger partial charge is 0.345 e. The zero-order valence-electron chi connectivity index (χ0n) is 15.4. The summed E-state index contributed by atoms with van der Waals surface area (Å²) in [5.74, 6) is 2.13. The summed E-state index contributed by atoms with van der Waals surface area (Å²) in [4.78, 5) is 34.5. The van der Waals surface area contributed by atoms with Gasteiger partial charge in [0.25, 0.3) is 5.91 Å². The molecule has 4 rings (SSSR count). The van der Waals surface area contributed by atoms with Gasteiger partial charge in [0.2, 0.25) is 0 Å². The Morgan fingerprint density at radius 2 is 1.92 bits per heavy atom. The SMILES string of the molecule is CC(C)Cc1ncc2c(n1)CN(c1cncc(C(=O)N3CCCC3)n1)C2. The summed E-state index contributed by atoms with van der Waals surface area (Å²) in [6.07, 6.45) is 8.22. The molecule has 0 aromatic carbocycles. The molecule has 4 heterocycles. The normalized spacial score (nSPS) is 16.4. The lowest BCUT2D eigenvalue weighted by Crippen LogP contribution is -2.29. The molecule has 0 atom stereocenters. The molecule has 2 aliphatic rings. The number of fused-ring (bicyclic) bond motifs is 1. The quantitative estimate of drug-likeness (QED) is 0.840. The second-order valence-corrected chi connectivity index (χ2v) is 7.47. The van der Waals surface area contributed by atoms with E-state index in [2.05, 4.69) is 33.7 Å². The summed E-state index contributed by atoms with van der Waals surface area (Å²) in [6, 6.07) is 0. The molecular weight excluding hydrogens is 328 g/mol. The summed E-state index contributed by atoms with van der Waals surface area (Å²) in [6.45, 7) is 7.34. The summed E-state index contributed by atoms with van der Waals surface area (Å²) in [5, 5.41) is 0. The van der Waals surface area contributed by atoms with Gasteiger partial charge in [-0.1, -0.05) is 13.8 Å². The van der Waals surface area contributed by atoms with Crippen LogP contribution in [-0.2, 0) is 19.5 Å². The van der Waals surface area contributed by atoms with Gasteiger partial charge in [-0.15, -0.1) is 0 Å². The Labute approximate surface area is 153 Å². The fourth-order valence-electron chi connectivity index (χ4n) is 3.51. The lowest BCUT2D eigenvalue weighted by Gasteiger charge is -2.18. The van der Waals surface area contributed by atoms with E-state index >= 15 is 0 Å². The lowest BCUT2D eigenvalue weighted by atomic mass is 10.1. The van der Waals surface area contributed by atoms with Crippen molar-refractivity contribution in [1.82, 2.24) is 24.8 Å². The van der Waals surface area contributed by atoms with Gasteiger partial charge < -0.3 is 9.80 Å². The predicted octanol–water partition coefficient (Wildman–Crippen LogP) is 2.22. The van der Waals surface area contributed by atoms with E-state index in [0.717, 1.165) is 55.3 Å². The van der Waals surface area contributed by atoms with Crippen LogP contribution in [0.4, 0.5) is 5.82 Å². The number of hydrogen-bond donors (Lipinski definition) is 0. The van der Waals surface area contributed by atoms with Crippen molar-refractivity contribution >= 4 is 11.7 Å². The topological polar surface area (TPSA) is 75.1 Å². The highest BCUT2D eigenvalue weighted by Crippen LogP contribution is 2.25. The van der Waals surface area contributed by atoms with Crippen LogP contribution < -0.4 is 4.90 Å². The van der Waals surface area contributed by atoms with Crippen LogP contribution in [0.5, 0.6) is 0 Å². The van der Waals surface area contributed by atoms with Gasteiger partial charge in [0.15, 0.2) is 0 Å². The van der Waals surface area contributed by atoms with Crippen molar-refractivity contribution in [2.24, 2.45) is 5.92 Å². The summed E-state index contributed by atoms with van der Waals surface area (Å²) < 4.78 is 0. The van der Waals surface area contributed by atoms with Crippen molar-refractivity contribution in [3.63, 3.8) is 0 Å². The van der Waals surface area contributed by atoms with Crippen molar-refractivity contribution in [3.05, 3.63) is 41.4 Å². The number of carbonyl (C=O) groups excluding carboxylic acids is 1. The molecular formula is C19H24N6O. The molecule has 0 unspecified atom stereocenters. The monoisotopic (exact) mass is 352 g/mol. The van der Waals surface area contributed by atoms with Gasteiger partial charge in [0.1, 0.15) is 17.3 Å². The first-order valence-corrected chi connectivity index (χ1v) is 9.30. The summed E-state index contributed by atoms with van der Waals surface area (Å²) in [7, 11) is 0. The van der Waals surface area contributed by atoms with Crippen LogP contribution in [0.3, 0.4) is 0 Å². The predicted molar refractivity (Wildman–Crippen MR) is 97.6 cm³/mol.